The number of benzene rings is 1. The van der Waals surface area contributed by atoms with E-state index in [9.17, 15) is 14.7 Å². The number of amides is 3. The molecule has 0 radical (unpaired) electrons. The molecule has 0 aromatic heterocycles. The molecular weight excluding hydrogens is 500 g/mol. The fourth-order valence-electron chi connectivity index (χ4n) is 5.98. The molecular formula is C29H46N4O6. The summed E-state index contributed by atoms with van der Waals surface area (Å²) in [6.07, 6.45) is 1.27. The van der Waals surface area contributed by atoms with Gasteiger partial charge in [-0.2, -0.15) is 0 Å². The van der Waals surface area contributed by atoms with Crippen LogP contribution in [0.3, 0.4) is 0 Å². The van der Waals surface area contributed by atoms with E-state index >= 15 is 0 Å². The number of nitrogens with one attached hydrogen (secondary N) is 1. The number of alkyl carbamates (subject to hydrolysis) is 1. The van der Waals surface area contributed by atoms with Crippen LogP contribution in [0.25, 0.3) is 0 Å². The highest BCUT2D eigenvalue weighted by Gasteiger charge is 2.56. The van der Waals surface area contributed by atoms with Crippen molar-refractivity contribution in [2.75, 3.05) is 60.5 Å². The topological polar surface area (TPSA) is 104 Å². The molecule has 7 atom stereocenters. The Kier molecular flexibility index (Phi) is 10.5. The van der Waals surface area contributed by atoms with Crippen LogP contribution in [-0.2, 0) is 20.6 Å². The summed E-state index contributed by atoms with van der Waals surface area (Å²) < 4.78 is 17.5. The zero-order valence-corrected chi connectivity index (χ0v) is 23.8. The number of rotatable bonds is 13. The summed E-state index contributed by atoms with van der Waals surface area (Å²) in [5.74, 6) is 0.581. The van der Waals surface area contributed by atoms with Crippen LogP contribution < -0.4 is 5.32 Å². The van der Waals surface area contributed by atoms with Crippen molar-refractivity contribution in [3.8, 4) is 0 Å². The molecule has 3 fully saturated rings. The highest BCUT2D eigenvalue weighted by atomic mass is 16.7. The van der Waals surface area contributed by atoms with Crippen LogP contribution in [0.15, 0.2) is 30.3 Å². The number of aliphatic hydroxyl groups excluding tert-OH is 1. The number of unbranched alkanes of at least 4 members (excludes halogenated alkanes) is 1. The van der Waals surface area contributed by atoms with E-state index in [0.29, 0.717) is 39.3 Å². The highest BCUT2D eigenvalue weighted by Crippen LogP contribution is 2.49. The minimum atomic E-state index is -0.992. The number of fused-ring (bicyclic) bond motifs is 1. The van der Waals surface area contributed by atoms with Gasteiger partial charge in [-0.25, -0.2) is 9.59 Å². The first kappa shape index (κ1) is 29.6. The second-order valence-electron chi connectivity index (χ2n) is 11.5. The maximum absolute atomic E-state index is 13.3. The fourth-order valence-corrected chi connectivity index (χ4v) is 5.98. The van der Waals surface area contributed by atoms with Gasteiger partial charge in [0.2, 0.25) is 0 Å². The number of carbonyl (C=O) groups is 2. The van der Waals surface area contributed by atoms with Gasteiger partial charge in [0.25, 0.3) is 0 Å². The SMILES string of the molecule is CCCCN(C)C(=O)N(CCN(C)C)C[C@@H](O)[C@H](Cc1ccccc1)NC(=O)OC1C2COC3OCC1C3C2. The number of ether oxygens (including phenoxy) is 3. The molecule has 5 unspecified atom stereocenters. The largest absolute Gasteiger partial charge is 0.445 e. The van der Waals surface area contributed by atoms with Gasteiger partial charge in [0, 0.05) is 44.4 Å². The van der Waals surface area contributed by atoms with Gasteiger partial charge >= 0.3 is 12.1 Å². The van der Waals surface area contributed by atoms with Crippen LogP contribution in [0.4, 0.5) is 9.59 Å². The quantitative estimate of drug-likeness (QED) is 0.392. The molecule has 1 aliphatic carbocycles. The maximum Gasteiger partial charge on any atom is 0.407 e. The Morgan fingerprint density at radius 3 is 2.54 bits per heavy atom. The Morgan fingerprint density at radius 1 is 1.08 bits per heavy atom. The van der Waals surface area contributed by atoms with Crippen molar-refractivity contribution in [2.45, 2.75) is 57.1 Å². The average molecular weight is 547 g/mol. The number of nitrogens with zero attached hydrogens (tertiary/aromatic N) is 3. The molecule has 2 bridgehead atoms. The normalized spacial score (nSPS) is 26.8. The lowest BCUT2D eigenvalue weighted by molar-refractivity contribution is -0.169. The van der Waals surface area contributed by atoms with Crippen LogP contribution in [0, 0.1) is 17.8 Å². The van der Waals surface area contributed by atoms with Gasteiger partial charge in [0.05, 0.1) is 31.9 Å². The molecule has 3 aliphatic rings. The molecule has 10 heteroatoms. The van der Waals surface area contributed by atoms with E-state index in [0.717, 1.165) is 24.8 Å². The van der Waals surface area contributed by atoms with E-state index in [1.165, 1.54) is 0 Å². The second kappa shape index (κ2) is 13.8. The summed E-state index contributed by atoms with van der Waals surface area (Å²) in [7, 11) is 5.70. The van der Waals surface area contributed by atoms with Crippen LogP contribution in [0.2, 0.25) is 0 Å². The van der Waals surface area contributed by atoms with Gasteiger partial charge in [-0.1, -0.05) is 43.7 Å². The zero-order chi connectivity index (χ0) is 27.9. The number of likely N-dealkylation sites (N-methyl/N-ethyl adjacent to an activating group) is 1. The summed E-state index contributed by atoms with van der Waals surface area (Å²) in [6, 6.07) is 8.96. The van der Waals surface area contributed by atoms with Crippen LogP contribution in [-0.4, -0.2) is 117 Å². The number of carbonyl (C=O) groups excluding carboxylic acids is 2. The number of urea groups is 1. The van der Waals surface area contributed by atoms with E-state index in [1.807, 2.05) is 49.3 Å². The molecule has 218 valence electrons. The van der Waals surface area contributed by atoms with E-state index in [4.69, 9.17) is 14.2 Å². The molecule has 3 amide bonds. The van der Waals surface area contributed by atoms with Crippen molar-refractivity contribution >= 4 is 12.1 Å². The van der Waals surface area contributed by atoms with Gasteiger partial charge in [0.1, 0.15) is 6.10 Å². The predicted molar refractivity (Wildman–Crippen MR) is 147 cm³/mol. The molecule has 2 saturated heterocycles. The van der Waals surface area contributed by atoms with Gasteiger partial charge in [0.15, 0.2) is 6.29 Å². The summed E-state index contributed by atoms with van der Waals surface area (Å²) in [5.41, 5.74) is 0.977. The highest BCUT2D eigenvalue weighted by molar-refractivity contribution is 5.74. The van der Waals surface area contributed by atoms with Crippen LogP contribution in [0.1, 0.15) is 31.7 Å². The van der Waals surface area contributed by atoms with Crippen molar-refractivity contribution in [2.24, 2.45) is 17.8 Å². The van der Waals surface area contributed by atoms with Crippen molar-refractivity contribution in [3.05, 3.63) is 35.9 Å². The van der Waals surface area contributed by atoms with Crippen LogP contribution >= 0.6 is 0 Å². The van der Waals surface area contributed by atoms with Crippen LogP contribution in [0.5, 0.6) is 0 Å². The van der Waals surface area contributed by atoms with Crippen molar-refractivity contribution in [1.29, 1.82) is 0 Å². The fraction of sp³-hybridized carbons (Fsp3) is 0.724. The lowest BCUT2D eigenvalue weighted by Gasteiger charge is -2.34. The third-order valence-electron chi connectivity index (χ3n) is 8.27. The van der Waals surface area contributed by atoms with Gasteiger partial charge in [-0.3, -0.25) is 0 Å². The van der Waals surface area contributed by atoms with E-state index in [1.54, 1.807) is 16.8 Å². The van der Waals surface area contributed by atoms with Crippen molar-refractivity contribution in [1.82, 2.24) is 20.0 Å². The summed E-state index contributed by atoms with van der Waals surface area (Å²) >= 11 is 0. The molecule has 10 nitrogen and oxygen atoms in total. The van der Waals surface area contributed by atoms with Gasteiger partial charge in [-0.15, -0.1) is 0 Å². The molecule has 1 aromatic rings. The van der Waals surface area contributed by atoms with Gasteiger partial charge in [-0.05, 0) is 38.9 Å². The monoisotopic (exact) mass is 546 g/mol. The third kappa shape index (κ3) is 7.63. The van der Waals surface area contributed by atoms with Gasteiger partial charge < -0.3 is 39.3 Å². The number of hydrogen-bond donors (Lipinski definition) is 2. The molecule has 39 heavy (non-hydrogen) atoms. The summed E-state index contributed by atoms with van der Waals surface area (Å²) in [5, 5.41) is 14.4. The van der Waals surface area contributed by atoms with Crippen molar-refractivity contribution < 1.29 is 28.9 Å². The Morgan fingerprint density at radius 2 is 1.82 bits per heavy atom. The Balaban J connectivity index is 1.44. The first-order chi connectivity index (χ1) is 18.8. The van der Waals surface area contributed by atoms with Crippen molar-refractivity contribution in [3.63, 3.8) is 0 Å². The minimum absolute atomic E-state index is 0.0982. The Bertz CT molecular complexity index is 934. The first-order valence-electron chi connectivity index (χ1n) is 14.3. The molecule has 1 aromatic carbocycles. The smallest absolute Gasteiger partial charge is 0.407 e. The molecule has 1 saturated carbocycles. The average Bonchev–Trinajstić information content (AvgIpc) is 3.45. The van der Waals surface area contributed by atoms with E-state index < -0.39 is 18.2 Å². The Hall–Kier alpha value is -2.40. The number of hydrogen-bond acceptors (Lipinski definition) is 7. The second-order valence-corrected chi connectivity index (χ2v) is 11.5. The molecule has 0 spiro atoms. The van der Waals surface area contributed by atoms with E-state index in [2.05, 4.69) is 12.2 Å². The molecule has 2 heterocycles. The summed E-state index contributed by atoms with van der Waals surface area (Å²) in [6.45, 7) is 5.04. The Labute approximate surface area is 232 Å². The third-order valence-corrected chi connectivity index (χ3v) is 8.27. The standard InChI is InChI=1S/C29H46N4O6/c1-5-6-12-32(4)29(36)33(14-13-31(2)3)17-25(34)24(15-20-10-8-7-9-11-20)30-28(35)39-26-21-16-22-23(26)19-38-27(22)37-18-21/h7-11,21-27,34H,5-6,12-19H2,1-4H3,(H,30,35)/t21?,22?,23?,24-,25+,26?,27?/m0/s1. The molecule has 2 N–H and O–H groups in total. The molecule has 2 aliphatic heterocycles. The van der Waals surface area contributed by atoms with E-state index in [-0.39, 0.29) is 42.7 Å². The predicted octanol–water partition coefficient (Wildman–Crippen LogP) is 2.41. The summed E-state index contributed by atoms with van der Waals surface area (Å²) in [4.78, 5) is 31.9. The molecule has 4 rings (SSSR count). The first-order valence-corrected chi connectivity index (χ1v) is 14.3. The number of aliphatic hydroxyl groups is 1. The maximum atomic E-state index is 13.3. The zero-order valence-electron chi connectivity index (χ0n) is 23.8. The minimum Gasteiger partial charge on any atom is -0.445 e. The lowest BCUT2D eigenvalue weighted by atomic mass is 9.98. The lowest BCUT2D eigenvalue weighted by Crippen LogP contribution is -2.54.